The first-order valence-corrected chi connectivity index (χ1v) is 10.6. The van der Waals surface area contributed by atoms with E-state index in [4.69, 9.17) is 4.74 Å². The lowest BCUT2D eigenvalue weighted by Gasteiger charge is -2.54. The summed E-state index contributed by atoms with van der Waals surface area (Å²) in [5.74, 6) is -0.908. The molecule has 0 bridgehead atoms. The van der Waals surface area contributed by atoms with E-state index in [0.29, 0.717) is 19.3 Å². The lowest BCUT2D eigenvalue weighted by Crippen LogP contribution is -2.59. The molecule has 0 aromatic carbocycles. The van der Waals surface area contributed by atoms with E-state index in [9.17, 15) is 24.6 Å². The van der Waals surface area contributed by atoms with Crippen molar-refractivity contribution in [1.82, 2.24) is 0 Å². The molecule has 158 valence electrons. The maximum absolute atomic E-state index is 12.9. The Morgan fingerprint density at radius 2 is 2.00 bits per heavy atom. The normalized spacial score (nSPS) is 43.5. The van der Waals surface area contributed by atoms with Gasteiger partial charge in [0, 0.05) is 24.2 Å². The van der Waals surface area contributed by atoms with E-state index >= 15 is 0 Å². The minimum atomic E-state index is -1.94. The molecule has 6 atom stereocenters. The Balaban J connectivity index is 1.70. The van der Waals surface area contributed by atoms with Crippen LogP contribution in [0.1, 0.15) is 59.3 Å². The van der Waals surface area contributed by atoms with Gasteiger partial charge in [-0.25, -0.2) is 0 Å². The average molecular weight is 402 g/mol. The highest BCUT2D eigenvalue weighted by Crippen LogP contribution is 2.65. The van der Waals surface area contributed by atoms with Gasteiger partial charge in [-0.05, 0) is 50.0 Å². The number of hydrogen-bond acceptors (Lipinski definition) is 6. The summed E-state index contributed by atoms with van der Waals surface area (Å²) in [7, 11) is 0. The third-order valence-corrected chi connectivity index (χ3v) is 8.39. The van der Waals surface area contributed by atoms with Gasteiger partial charge in [0.25, 0.3) is 0 Å². The number of ether oxygens (including phenoxy) is 1. The fraction of sp³-hybridized carbons (Fsp3) is 0.696. The number of carbonyl (C=O) groups excluding carboxylic acids is 3. The molecule has 0 aromatic heterocycles. The van der Waals surface area contributed by atoms with Crippen molar-refractivity contribution in [2.75, 3.05) is 6.61 Å². The van der Waals surface area contributed by atoms with Crippen LogP contribution in [0.5, 0.6) is 0 Å². The van der Waals surface area contributed by atoms with Crippen molar-refractivity contribution in [3.63, 3.8) is 0 Å². The summed E-state index contributed by atoms with van der Waals surface area (Å²) in [5.41, 5.74) is -0.409. The third kappa shape index (κ3) is 2.72. The number of hydrogen-bond donors (Lipinski definition) is 2. The molecule has 0 unspecified atom stereocenters. The lowest BCUT2D eigenvalue weighted by molar-refractivity contribution is -0.174. The minimum Gasteiger partial charge on any atom is -0.458 e. The summed E-state index contributed by atoms with van der Waals surface area (Å²) in [6, 6.07) is 0. The second-order valence-electron chi connectivity index (χ2n) is 9.72. The molecule has 0 aromatic rings. The first kappa shape index (κ1) is 20.5. The minimum absolute atomic E-state index is 0.0419. The van der Waals surface area contributed by atoms with Crippen molar-refractivity contribution in [3.05, 3.63) is 23.3 Å². The molecule has 2 fully saturated rings. The molecule has 2 saturated carbocycles. The van der Waals surface area contributed by atoms with Gasteiger partial charge in [0.15, 0.2) is 18.0 Å². The van der Waals surface area contributed by atoms with E-state index in [1.807, 2.05) is 13.0 Å². The Hall–Kier alpha value is -1.79. The number of ketones is 2. The molecule has 0 radical (unpaired) electrons. The number of carbonyl (C=O) groups is 3. The predicted molar refractivity (Wildman–Crippen MR) is 105 cm³/mol. The zero-order valence-corrected chi connectivity index (χ0v) is 17.4. The van der Waals surface area contributed by atoms with Crippen molar-refractivity contribution in [2.45, 2.75) is 71.0 Å². The van der Waals surface area contributed by atoms with Gasteiger partial charge in [0.2, 0.25) is 5.78 Å². The highest BCUT2D eigenvalue weighted by atomic mass is 16.5. The molecule has 29 heavy (non-hydrogen) atoms. The Kier molecular flexibility index (Phi) is 4.67. The second kappa shape index (κ2) is 6.61. The quantitative estimate of drug-likeness (QED) is 0.555. The molecular formula is C23H30O6. The highest BCUT2D eigenvalue weighted by Gasteiger charge is 2.68. The molecule has 4 aliphatic carbocycles. The monoisotopic (exact) mass is 402 g/mol. The lowest BCUT2D eigenvalue weighted by atomic mass is 9.50. The van der Waals surface area contributed by atoms with Crippen LogP contribution in [0.25, 0.3) is 0 Å². The molecule has 6 nitrogen and oxygen atoms in total. The van der Waals surface area contributed by atoms with E-state index in [1.54, 1.807) is 0 Å². The molecule has 0 heterocycles. The number of esters is 1. The van der Waals surface area contributed by atoms with Gasteiger partial charge < -0.3 is 14.9 Å². The van der Waals surface area contributed by atoms with Crippen molar-refractivity contribution < 1.29 is 29.3 Å². The number of Topliss-reactive ketones (excluding diaryl/α,β-unsaturated/α-hetero) is 1. The van der Waals surface area contributed by atoms with Crippen LogP contribution < -0.4 is 0 Å². The Bertz CT molecular complexity index is 840. The molecular weight excluding hydrogens is 372 g/mol. The zero-order valence-electron chi connectivity index (χ0n) is 17.4. The van der Waals surface area contributed by atoms with E-state index in [2.05, 4.69) is 13.0 Å². The molecule has 0 amide bonds. The average Bonchev–Trinajstić information content (AvgIpc) is 2.88. The Labute approximate surface area is 171 Å². The maximum Gasteiger partial charge on any atom is 0.303 e. The molecule has 0 spiro atoms. The fourth-order valence-corrected chi connectivity index (χ4v) is 6.66. The van der Waals surface area contributed by atoms with Gasteiger partial charge in [-0.1, -0.05) is 31.1 Å². The van der Waals surface area contributed by atoms with E-state index in [1.165, 1.54) is 18.1 Å². The van der Waals surface area contributed by atoms with Crippen LogP contribution in [-0.2, 0) is 19.1 Å². The largest absolute Gasteiger partial charge is 0.458 e. The van der Waals surface area contributed by atoms with Crippen LogP contribution in [0.15, 0.2) is 23.3 Å². The standard InChI is InChI=1S/C23H30O6/c1-13(24)29-12-20(27)23(28)19(26)11-18-16-5-4-14-10-15(25)6-8-21(14,2)17(16)7-9-22(18,23)3/h7,10,16,18-19,26,28H,4-6,8-9,11-12H2,1-3H3/t16-,18-,19-,21+,22-,23+/m1/s1. The van der Waals surface area contributed by atoms with Crippen LogP contribution in [0, 0.1) is 22.7 Å². The van der Waals surface area contributed by atoms with Crippen molar-refractivity contribution in [1.29, 1.82) is 0 Å². The number of aliphatic hydroxyl groups is 2. The molecule has 4 aliphatic rings. The van der Waals surface area contributed by atoms with Crippen molar-refractivity contribution in [3.8, 4) is 0 Å². The van der Waals surface area contributed by atoms with E-state index in [0.717, 1.165) is 19.3 Å². The highest BCUT2D eigenvalue weighted by molar-refractivity contribution is 5.92. The van der Waals surface area contributed by atoms with Gasteiger partial charge in [0.1, 0.15) is 0 Å². The fourth-order valence-electron chi connectivity index (χ4n) is 6.66. The summed E-state index contributed by atoms with van der Waals surface area (Å²) in [6.45, 7) is 4.77. The second-order valence-corrected chi connectivity index (χ2v) is 9.72. The maximum atomic E-state index is 12.9. The predicted octanol–water partition coefficient (Wildman–Crippen LogP) is 2.27. The Morgan fingerprint density at radius 3 is 2.69 bits per heavy atom. The molecule has 6 heteroatoms. The first-order chi connectivity index (χ1) is 13.5. The molecule has 0 saturated heterocycles. The molecule has 4 rings (SSSR count). The van der Waals surface area contributed by atoms with Gasteiger partial charge in [-0.15, -0.1) is 0 Å². The molecule has 0 aliphatic heterocycles. The Morgan fingerprint density at radius 1 is 1.28 bits per heavy atom. The summed E-state index contributed by atoms with van der Waals surface area (Å²) in [5, 5.41) is 22.3. The summed E-state index contributed by atoms with van der Waals surface area (Å²) in [4.78, 5) is 35.9. The van der Waals surface area contributed by atoms with Crippen LogP contribution in [0.4, 0.5) is 0 Å². The van der Waals surface area contributed by atoms with Crippen LogP contribution in [-0.4, -0.2) is 46.1 Å². The topological polar surface area (TPSA) is 101 Å². The van der Waals surface area contributed by atoms with E-state index in [-0.39, 0.29) is 23.0 Å². The number of fused-ring (bicyclic) bond motifs is 5. The summed E-state index contributed by atoms with van der Waals surface area (Å²) in [6.07, 6.45) is 6.60. The van der Waals surface area contributed by atoms with Crippen LogP contribution in [0.2, 0.25) is 0 Å². The van der Waals surface area contributed by atoms with Gasteiger partial charge in [0.05, 0.1) is 6.10 Å². The van der Waals surface area contributed by atoms with Gasteiger partial charge >= 0.3 is 5.97 Å². The van der Waals surface area contributed by atoms with Gasteiger partial charge in [-0.3, -0.25) is 14.4 Å². The van der Waals surface area contributed by atoms with Crippen LogP contribution >= 0.6 is 0 Å². The van der Waals surface area contributed by atoms with Crippen molar-refractivity contribution in [2.24, 2.45) is 22.7 Å². The zero-order chi connectivity index (χ0) is 21.2. The summed E-state index contributed by atoms with van der Waals surface area (Å²) >= 11 is 0. The van der Waals surface area contributed by atoms with Crippen LogP contribution in [0.3, 0.4) is 0 Å². The smallest absolute Gasteiger partial charge is 0.303 e. The van der Waals surface area contributed by atoms with Crippen molar-refractivity contribution >= 4 is 17.5 Å². The van der Waals surface area contributed by atoms with E-state index < -0.39 is 35.5 Å². The van der Waals surface area contributed by atoms with Gasteiger partial charge in [-0.2, -0.15) is 0 Å². The number of aliphatic hydroxyl groups excluding tert-OH is 1. The number of allylic oxidation sites excluding steroid dienone is 4. The number of rotatable bonds is 3. The SMILES string of the molecule is CC(=O)OCC(=O)[C@@]1(O)[C@H](O)C[C@@H]2[C@@H]3CCC4=CC(=O)CC[C@]4(C)C3=CC[C@]21C. The molecule has 2 N–H and O–H groups in total. The summed E-state index contributed by atoms with van der Waals surface area (Å²) < 4.78 is 4.84. The third-order valence-electron chi connectivity index (χ3n) is 8.39. The first-order valence-electron chi connectivity index (χ1n) is 10.6.